The Kier molecular flexibility index (Phi) is 3.57. The van der Waals surface area contributed by atoms with Crippen LogP contribution in [0.15, 0.2) is 24.7 Å². The Morgan fingerprint density at radius 1 is 1.48 bits per heavy atom. The molecule has 2 N–H and O–H groups in total. The van der Waals surface area contributed by atoms with Crippen molar-refractivity contribution in [3.8, 4) is 0 Å². The first kappa shape index (κ1) is 13.6. The number of aromatic amines is 1. The summed E-state index contributed by atoms with van der Waals surface area (Å²) in [5.41, 5.74) is 1.51. The Labute approximate surface area is 125 Å². The van der Waals surface area contributed by atoms with Crippen molar-refractivity contribution in [2.75, 3.05) is 5.32 Å². The van der Waals surface area contributed by atoms with Gasteiger partial charge in [-0.25, -0.2) is 4.98 Å². The average Bonchev–Trinajstić information content (AvgIpc) is 3.07. The number of nitrogens with zero attached hydrogens (tertiary/aromatic N) is 4. The van der Waals surface area contributed by atoms with Crippen molar-refractivity contribution in [3.63, 3.8) is 0 Å². The Morgan fingerprint density at radius 3 is 3.14 bits per heavy atom. The number of carbonyl (C=O) groups is 1. The Balaban J connectivity index is 1.87. The second kappa shape index (κ2) is 5.53. The molecule has 21 heavy (non-hydrogen) atoms. The molecule has 0 aliphatic rings. The predicted octanol–water partition coefficient (Wildman–Crippen LogP) is 2.47. The Hall–Kier alpha value is -2.41. The minimum Gasteiger partial charge on any atom is -0.344 e. The molecule has 8 heteroatoms. The molecule has 0 aliphatic carbocycles. The highest BCUT2D eigenvalue weighted by Crippen LogP contribution is 2.18. The fourth-order valence-electron chi connectivity index (χ4n) is 2.08. The van der Waals surface area contributed by atoms with Gasteiger partial charge in [-0.2, -0.15) is 9.97 Å². The number of hydrogen-bond donors (Lipinski definition) is 2. The van der Waals surface area contributed by atoms with Gasteiger partial charge in [0.2, 0.25) is 5.95 Å². The minimum absolute atomic E-state index is 0.133. The lowest BCUT2D eigenvalue weighted by molar-refractivity contribution is 0.101. The average molecular weight is 305 g/mol. The molecular weight excluding hydrogens is 292 g/mol. The van der Waals surface area contributed by atoms with Gasteiger partial charge in [-0.05, 0) is 18.6 Å². The molecule has 3 rings (SSSR count). The van der Waals surface area contributed by atoms with E-state index in [1.807, 2.05) is 16.8 Å². The van der Waals surface area contributed by atoms with E-state index in [-0.39, 0.29) is 17.0 Å². The van der Waals surface area contributed by atoms with E-state index in [9.17, 15) is 4.79 Å². The van der Waals surface area contributed by atoms with E-state index in [1.54, 1.807) is 6.07 Å². The summed E-state index contributed by atoms with van der Waals surface area (Å²) < 4.78 is 1.88. The Bertz CT molecular complexity index is 793. The lowest BCUT2D eigenvalue weighted by Crippen LogP contribution is -2.18. The summed E-state index contributed by atoms with van der Waals surface area (Å²) in [6, 6.07) is 3.58. The van der Waals surface area contributed by atoms with Crippen LogP contribution in [0.5, 0.6) is 0 Å². The molecule has 0 atom stereocenters. The first-order chi connectivity index (χ1) is 10.2. The van der Waals surface area contributed by atoms with Crippen LogP contribution in [-0.4, -0.2) is 30.4 Å². The molecule has 0 fully saturated rings. The minimum atomic E-state index is -0.278. The van der Waals surface area contributed by atoms with Crippen molar-refractivity contribution in [2.45, 2.75) is 19.9 Å². The number of H-pyrrole nitrogens is 1. The molecule has 0 radical (unpaired) electrons. The Morgan fingerprint density at radius 2 is 2.33 bits per heavy atom. The van der Waals surface area contributed by atoms with E-state index in [1.165, 1.54) is 6.33 Å². The van der Waals surface area contributed by atoms with E-state index >= 15 is 0 Å². The normalized spacial score (nSPS) is 11.0. The van der Waals surface area contributed by atoms with Crippen LogP contribution >= 0.6 is 11.6 Å². The van der Waals surface area contributed by atoms with E-state index in [0.717, 1.165) is 13.0 Å². The van der Waals surface area contributed by atoms with Gasteiger partial charge in [-0.1, -0.05) is 18.5 Å². The van der Waals surface area contributed by atoms with Crippen molar-refractivity contribution >= 4 is 34.6 Å². The summed E-state index contributed by atoms with van der Waals surface area (Å²) in [5, 5.41) is 2.86. The van der Waals surface area contributed by atoms with Crippen LogP contribution < -0.4 is 5.32 Å². The zero-order valence-electron chi connectivity index (χ0n) is 11.3. The first-order valence-electron chi connectivity index (χ1n) is 6.52. The molecule has 108 valence electrons. The van der Waals surface area contributed by atoms with Gasteiger partial charge in [-0.3, -0.25) is 10.1 Å². The number of imidazole rings is 1. The van der Waals surface area contributed by atoms with Gasteiger partial charge in [0, 0.05) is 12.7 Å². The molecule has 0 bridgehead atoms. The maximum Gasteiger partial charge on any atom is 0.274 e. The fraction of sp³-hybridized carbons (Fsp3) is 0.231. The SMILES string of the molecule is CCCn1cccc1C(=O)Nc1nc(Cl)c2[nH]cnc2n1. The number of aryl methyl sites for hydroxylation is 1. The second-order valence-electron chi connectivity index (χ2n) is 4.48. The van der Waals surface area contributed by atoms with Crippen LogP contribution in [0.25, 0.3) is 11.2 Å². The van der Waals surface area contributed by atoms with Gasteiger partial charge in [0.15, 0.2) is 10.8 Å². The van der Waals surface area contributed by atoms with E-state index in [4.69, 9.17) is 11.6 Å². The van der Waals surface area contributed by atoms with Crippen LogP contribution in [0.2, 0.25) is 5.15 Å². The molecule has 1 amide bonds. The topological polar surface area (TPSA) is 88.5 Å². The van der Waals surface area contributed by atoms with Crippen molar-refractivity contribution in [1.29, 1.82) is 0 Å². The smallest absolute Gasteiger partial charge is 0.274 e. The lowest BCUT2D eigenvalue weighted by Gasteiger charge is -2.08. The number of amides is 1. The van der Waals surface area contributed by atoms with Crippen molar-refractivity contribution < 1.29 is 4.79 Å². The molecule has 7 nitrogen and oxygen atoms in total. The standard InChI is InChI=1S/C13H13ClN6O/c1-2-5-20-6-3-4-8(20)12(21)19-13-17-10(14)9-11(18-13)16-7-15-9/h3-4,6-7H,2,5H2,1H3,(H2,15,16,17,18,19,21). The molecule has 0 spiro atoms. The quantitative estimate of drug-likeness (QED) is 0.725. The predicted molar refractivity (Wildman–Crippen MR) is 79.4 cm³/mol. The third kappa shape index (κ3) is 2.59. The molecule has 3 heterocycles. The number of anilines is 1. The molecule has 0 aliphatic heterocycles. The highest BCUT2D eigenvalue weighted by Gasteiger charge is 2.14. The molecule has 3 aromatic heterocycles. The summed E-state index contributed by atoms with van der Waals surface area (Å²) in [7, 11) is 0. The highest BCUT2D eigenvalue weighted by molar-refractivity contribution is 6.33. The van der Waals surface area contributed by atoms with E-state index in [2.05, 4.69) is 32.2 Å². The van der Waals surface area contributed by atoms with Crippen LogP contribution in [0.1, 0.15) is 23.8 Å². The number of rotatable bonds is 4. The van der Waals surface area contributed by atoms with Crippen LogP contribution in [-0.2, 0) is 6.54 Å². The third-order valence-electron chi connectivity index (χ3n) is 2.99. The van der Waals surface area contributed by atoms with Gasteiger partial charge in [0.05, 0.1) is 6.33 Å². The van der Waals surface area contributed by atoms with Gasteiger partial charge in [-0.15, -0.1) is 0 Å². The van der Waals surface area contributed by atoms with Gasteiger partial charge >= 0.3 is 0 Å². The van der Waals surface area contributed by atoms with E-state index in [0.29, 0.717) is 16.9 Å². The van der Waals surface area contributed by atoms with Gasteiger partial charge in [0.25, 0.3) is 5.91 Å². The fourth-order valence-corrected chi connectivity index (χ4v) is 2.29. The molecular formula is C13H13ClN6O. The van der Waals surface area contributed by atoms with E-state index < -0.39 is 0 Å². The summed E-state index contributed by atoms with van der Waals surface area (Å²) in [5.74, 6) is -0.145. The number of halogens is 1. The van der Waals surface area contributed by atoms with Gasteiger partial charge < -0.3 is 9.55 Å². The van der Waals surface area contributed by atoms with Crippen molar-refractivity contribution in [2.24, 2.45) is 0 Å². The number of aromatic nitrogens is 5. The third-order valence-corrected chi connectivity index (χ3v) is 3.27. The zero-order valence-corrected chi connectivity index (χ0v) is 12.1. The van der Waals surface area contributed by atoms with Crippen LogP contribution in [0.3, 0.4) is 0 Å². The summed E-state index contributed by atoms with van der Waals surface area (Å²) >= 11 is 6.01. The molecule has 0 saturated heterocycles. The van der Waals surface area contributed by atoms with Crippen LogP contribution in [0.4, 0.5) is 5.95 Å². The number of nitrogens with one attached hydrogen (secondary N) is 2. The summed E-state index contributed by atoms with van der Waals surface area (Å²) in [6.45, 7) is 2.83. The number of fused-ring (bicyclic) bond motifs is 1. The van der Waals surface area contributed by atoms with Gasteiger partial charge in [0.1, 0.15) is 11.2 Å². The zero-order chi connectivity index (χ0) is 14.8. The number of carbonyl (C=O) groups excluding carboxylic acids is 1. The molecule has 0 aromatic carbocycles. The van der Waals surface area contributed by atoms with Crippen molar-refractivity contribution in [3.05, 3.63) is 35.5 Å². The highest BCUT2D eigenvalue weighted by atomic mass is 35.5. The monoisotopic (exact) mass is 304 g/mol. The largest absolute Gasteiger partial charge is 0.344 e. The first-order valence-corrected chi connectivity index (χ1v) is 6.90. The molecule has 0 unspecified atom stereocenters. The maximum absolute atomic E-state index is 12.3. The van der Waals surface area contributed by atoms with Crippen molar-refractivity contribution in [1.82, 2.24) is 24.5 Å². The van der Waals surface area contributed by atoms with Crippen LogP contribution in [0, 0.1) is 0 Å². The summed E-state index contributed by atoms with van der Waals surface area (Å²) in [4.78, 5) is 27.3. The number of hydrogen-bond acceptors (Lipinski definition) is 4. The maximum atomic E-state index is 12.3. The molecule has 0 saturated carbocycles. The lowest BCUT2D eigenvalue weighted by atomic mass is 10.4. The molecule has 3 aromatic rings. The second-order valence-corrected chi connectivity index (χ2v) is 4.84. The summed E-state index contributed by atoms with van der Waals surface area (Å²) in [6.07, 6.45) is 4.28.